The maximum Gasteiger partial charge on any atom is 0.313 e. The van der Waals surface area contributed by atoms with Crippen molar-refractivity contribution in [3.05, 3.63) is 5.82 Å². The third-order valence-corrected chi connectivity index (χ3v) is 4.33. The van der Waals surface area contributed by atoms with E-state index in [1.54, 1.807) is 0 Å². The minimum atomic E-state index is -0.831. The summed E-state index contributed by atoms with van der Waals surface area (Å²) in [5.41, 5.74) is -0.153. The van der Waals surface area contributed by atoms with Gasteiger partial charge in [0.25, 0.3) is 0 Å². The number of hydrogen-bond acceptors (Lipinski definition) is 4. The summed E-state index contributed by atoms with van der Waals surface area (Å²) >= 11 is 1.24. The average molecular weight is 313 g/mol. The molecule has 1 N–H and O–H groups in total. The molecule has 0 radical (unpaired) electrons. The minimum absolute atomic E-state index is 0.0139. The fraction of sp³-hybridized carbons (Fsp3) is 0.800. The molecule has 120 valence electrons. The molecule has 1 atom stereocenters. The average Bonchev–Trinajstić information content (AvgIpc) is 2.81. The summed E-state index contributed by atoms with van der Waals surface area (Å²) in [4.78, 5) is 10.8. The molecule has 0 saturated heterocycles. The van der Waals surface area contributed by atoms with E-state index in [1.807, 2.05) is 0 Å². The van der Waals surface area contributed by atoms with E-state index in [1.165, 1.54) is 24.6 Å². The molecule has 1 heterocycles. The molecule has 0 aliphatic rings. The number of hydrogen-bond donors (Lipinski definition) is 1. The molecule has 1 aromatic heterocycles. The summed E-state index contributed by atoms with van der Waals surface area (Å²) in [5.74, 6) is 0.560. The van der Waals surface area contributed by atoms with E-state index in [0.717, 1.165) is 18.7 Å². The molecule has 6 heteroatoms. The quantitative estimate of drug-likeness (QED) is 0.737. The molecule has 0 aliphatic carbocycles. The van der Waals surface area contributed by atoms with Crippen molar-refractivity contribution >= 4 is 17.7 Å². The van der Waals surface area contributed by atoms with Crippen molar-refractivity contribution in [3.63, 3.8) is 0 Å². The lowest BCUT2D eigenvalue weighted by atomic mass is 9.97. The Labute approximate surface area is 131 Å². The maximum atomic E-state index is 10.8. The van der Waals surface area contributed by atoms with Gasteiger partial charge in [-0.25, -0.2) is 0 Å². The fourth-order valence-electron chi connectivity index (χ4n) is 2.36. The van der Waals surface area contributed by atoms with E-state index >= 15 is 0 Å². The highest BCUT2D eigenvalue weighted by Crippen LogP contribution is 2.32. The molecule has 0 aliphatic heterocycles. The topological polar surface area (TPSA) is 68.0 Å². The molecular weight excluding hydrogens is 286 g/mol. The fourth-order valence-corrected chi connectivity index (χ4v) is 3.21. The Kier molecular flexibility index (Phi) is 6.71. The Bertz CT molecular complexity index is 466. The van der Waals surface area contributed by atoms with Crippen LogP contribution >= 0.6 is 11.8 Å². The molecule has 1 rings (SSSR count). The van der Waals surface area contributed by atoms with Crippen LogP contribution in [-0.4, -0.2) is 31.6 Å². The van der Waals surface area contributed by atoms with E-state index in [-0.39, 0.29) is 11.3 Å². The lowest BCUT2D eigenvalue weighted by Crippen LogP contribution is -2.26. The van der Waals surface area contributed by atoms with Crippen LogP contribution in [0.2, 0.25) is 0 Å². The molecule has 1 aromatic rings. The van der Waals surface area contributed by atoms with Gasteiger partial charge in [-0.3, -0.25) is 4.79 Å². The van der Waals surface area contributed by atoms with Crippen molar-refractivity contribution in [1.29, 1.82) is 0 Å². The van der Waals surface area contributed by atoms with Crippen molar-refractivity contribution in [3.8, 4) is 0 Å². The van der Waals surface area contributed by atoms with Crippen LogP contribution in [0.5, 0.6) is 0 Å². The first-order valence-electron chi connectivity index (χ1n) is 7.61. The van der Waals surface area contributed by atoms with E-state index in [0.29, 0.717) is 11.1 Å². The first-order valence-corrected chi connectivity index (χ1v) is 8.60. The van der Waals surface area contributed by atoms with Crippen LogP contribution in [0.15, 0.2) is 5.16 Å². The molecule has 0 aromatic carbocycles. The summed E-state index contributed by atoms with van der Waals surface area (Å²) in [7, 11) is 0. The molecule has 0 bridgehead atoms. The van der Waals surface area contributed by atoms with Gasteiger partial charge >= 0.3 is 5.97 Å². The number of carbonyl (C=O) groups is 1. The summed E-state index contributed by atoms with van der Waals surface area (Å²) in [5, 5.41) is 18.2. The third-order valence-electron chi connectivity index (χ3n) is 3.42. The predicted molar refractivity (Wildman–Crippen MR) is 85.9 cm³/mol. The molecule has 0 amide bonds. The third kappa shape index (κ3) is 5.02. The monoisotopic (exact) mass is 313 g/mol. The van der Waals surface area contributed by atoms with Gasteiger partial charge < -0.3 is 9.67 Å². The van der Waals surface area contributed by atoms with Gasteiger partial charge in [-0.05, 0) is 33.6 Å². The molecule has 1 unspecified atom stereocenters. The van der Waals surface area contributed by atoms with Gasteiger partial charge in [0.15, 0.2) is 5.16 Å². The lowest BCUT2D eigenvalue weighted by molar-refractivity contribution is -0.133. The van der Waals surface area contributed by atoms with Crippen LogP contribution in [0.3, 0.4) is 0 Å². The van der Waals surface area contributed by atoms with Crippen molar-refractivity contribution in [1.82, 2.24) is 14.8 Å². The van der Waals surface area contributed by atoms with Gasteiger partial charge in [0.2, 0.25) is 0 Å². The van der Waals surface area contributed by atoms with Crippen LogP contribution in [0, 0.1) is 0 Å². The second kappa shape index (κ2) is 7.82. The van der Waals surface area contributed by atoms with Gasteiger partial charge in [-0.15, -0.1) is 10.2 Å². The minimum Gasteiger partial charge on any atom is -0.481 e. The smallest absolute Gasteiger partial charge is 0.313 e. The molecule has 0 fully saturated rings. The number of aliphatic carboxylic acids is 1. The Morgan fingerprint density at radius 2 is 2.00 bits per heavy atom. The zero-order valence-corrected chi connectivity index (χ0v) is 14.5. The number of carboxylic acids is 1. The van der Waals surface area contributed by atoms with Crippen molar-refractivity contribution in [2.45, 2.75) is 76.9 Å². The molecule has 21 heavy (non-hydrogen) atoms. The van der Waals surface area contributed by atoms with Crippen LogP contribution in [-0.2, 0) is 10.3 Å². The highest BCUT2D eigenvalue weighted by atomic mass is 32.2. The summed E-state index contributed by atoms with van der Waals surface area (Å²) in [6, 6.07) is 0. The Morgan fingerprint density at radius 3 is 2.48 bits per heavy atom. The van der Waals surface area contributed by atoms with Crippen LogP contribution < -0.4 is 0 Å². The van der Waals surface area contributed by atoms with Crippen molar-refractivity contribution in [2.24, 2.45) is 0 Å². The van der Waals surface area contributed by atoms with E-state index in [9.17, 15) is 4.79 Å². The standard InChI is InChI=1S/C15H27N3O2S/c1-6-8-9-11(7-2)13-16-17-14(21-10-12(19)20)18(13)15(3,4)5/h11H,6-10H2,1-5H3,(H,19,20). The first-order chi connectivity index (χ1) is 9.81. The van der Waals surface area contributed by atoms with Crippen molar-refractivity contribution < 1.29 is 9.90 Å². The number of carboxylic acid groups (broad SMARTS) is 1. The van der Waals surface area contributed by atoms with Crippen LogP contribution in [0.4, 0.5) is 0 Å². The predicted octanol–water partition coefficient (Wildman–Crippen LogP) is 3.89. The van der Waals surface area contributed by atoms with E-state index in [4.69, 9.17) is 5.11 Å². The van der Waals surface area contributed by atoms with Gasteiger partial charge in [-0.1, -0.05) is 38.5 Å². The molecular formula is C15H27N3O2S. The number of nitrogens with zero attached hydrogens (tertiary/aromatic N) is 3. The van der Waals surface area contributed by atoms with Gasteiger partial charge in [0.1, 0.15) is 5.82 Å². The molecule has 0 saturated carbocycles. The summed E-state index contributed by atoms with van der Waals surface area (Å²) in [6.07, 6.45) is 4.47. The molecule has 0 spiro atoms. The van der Waals surface area contributed by atoms with E-state index in [2.05, 4.69) is 49.4 Å². The first kappa shape index (κ1) is 18.0. The maximum absolute atomic E-state index is 10.8. The number of thioether (sulfide) groups is 1. The molecule has 5 nitrogen and oxygen atoms in total. The zero-order valence-electron chi connectivity index (χ0n) is 13.7. The Morgan fingerprint density at radius 1 is 1.33 bits per heavy atom. The van der Waals surface area contributed by atoms with Crippen molar-refractivity contribution in [2.75, 3.05) is 5.75 Å². The summed E-state index contributed by atoms with van der Waals surface area (Å²) in [6.45, 7) is 10.7. The Balaban J connectivity index is 3.10. The number of rotatable bonds is 8. The second-order valence-electron chi connectivity index (χ2n) is 6.28. The van der Waals surface area contributed by atoms with Gasteiger partial charge in [0.05, 0.1) is 5.75 Å². The van der Waals surface area contributed by atoms with Gasteiger partial charge in [-0.2, -0.15) is 0 Å². The Hall–Kier alpha value is -1.04. The largest absolute Gasteiger partial charge is 0.481 e. The number of aromatic nitrogens is 3. The highest BCUT2D eigenvalue weighted by Gasteiger charge is 2.27. The van der Waals surface area contributed by atoms with E-state index < -0.39 is 5.97 Å². The lowest BCUT2D eigenvalue weighted by Gasteiger charge is -2.27. The van der Waals surface area contributed by atoms with Gasteiger partial charge in [0, 0.05) is 11.5 Å². The zero-order chi connectivity index (χ0) is 16.0. The SMILES string of the molecule is CCCCC(CC)c1nnc(SCC(=O)O)n1C(C)(C)C. The summed E-state index contributed by atoms with van der Waals surface area (Å²) < 4.78 is 2.12. The van der Waals surface area contributed by atoms with Crippen LogP contribution in [0.1, 0.15) is 72.0 Å². The normalized spacial score (nSPS) is 13.4. The second-order valence-corrected chi connectivity index (χ2v) is 7.22. The van der Waals surface area contributed by atoms with Crippen LogP contribution in [0.25, 0.3) is 0 Å². The highest BCUT2D eigenvalue weighted by molar-refractivity contribution is 7.99. The number of unbranched alkanes of at least 4 members (excludes halogenated alkanes) is 1.